The van der Waals surface area contributed by atoms with Crippen molar-refractivity contribution in [3.63, 3.8) is 0 Å². The molecule has 5 nitrogen and oxygen atoms in total. The lowest BCUT2D eigenvalue weighted by atomic mass is 9.97. The van der Waals surface area contributed by atoms with Crippen LogP contribution in [0.4, 0.5) is 0 Å². The molecule has 1 aliphatic carbocycles. The third-order valence-electron chi connectivity index (χ3n) is 2.73. The van der Waals surface area contributed by atoms with Gasteiger partial charge in [0, 0.05) is 13.0 Å². The molecule has 0 aromatic heterocycles. The fraction of sp³-hybridized carbons (Fsp3) is 0.385. The van der Waals surface area contributed by atoms with Crippen LogP contribution in [0.3, 0.4) is 0 Å². The van der Waals surface area contributed by atoms with E-state index in [-0.39, 0.29) is 11.8 Å². The molecule has 0 radical (unpaired) electrons. The highest BCUT2D eigenvalue weighted by molar-refractivity contribution is 5.92. The summed E-state index contributed by atoms with van der Waals surface area (Å²) in [6.07, 6.45) is 6.64. The Kier molecular flexibility index (Phi) is 4.85. The van der Waals surface area contributed by atoms with E-state index in [1.54, 1.807) is 0 Å². The minimum absolute atomic E-state index is 0.0196. The molecule has 0 saturated heterocycles. The van der Waals surface area contributed by atoms with Gasteiger partial charge in [-0.05, 0) is 12.8 Å². The van der Waals surface area contributed by atoms with E-state index in [0.29, 0.717) is 18.5 Å². The summed E-state index contributed by atoms with van der Waals surface area (Å²) < 4.78 is 0. The summed E-state index contributed by atoms with van der Waals surface area (Å²) in [6, 6.07) is -0.858. The van der Waals surface area contributed by atoms with Crippen LogP contribution in [-0.4, -0.2) is 28.9 Å². The summed E-state index contributed by atoms with van der Waals surface area (Å²) in [5.41, 5.74) is 6.73. The summed E-state index contributed by atoms with van der Waals surface area (Å²) >= 11 is 0. The predicted molar refractivity (Wildman–Crippen MR) is 68.8 cm³/mol. The van der Waals surface area contributed by atoms with Crippen LogP contribution in [0, 0.1) is 0 Å². The monoisotopic (exact) mass is 250 g/mol. The van der Waals surface area contributed by atoms with Crippen LogP contribution in [0.15, 0.2) is 36.1 Å². The molecule has 2 atom stereocenters. The summed E-state index contributed by atoms with van der Waals surface area (Å²) in [5, 5.41) is 11.7. The van der Waals surface area contributed by atoms with Gasteiger partial charge >= 0.3 is 5.97 Å². The Labute approximate surface area is 106 Å². The molecule has 1 rings (SSSR count). The third kappa shape index (κ3) is 4.18. The Morgan fingerprint density at radius 3 is 2.78 bits per heavy atom. The number of carbonyl (C=O) groups is 2. The van der Waals surface area contributed by atoms with Crippen molar-refractivity contribution in [2.45, 2.75) is 31.8 Å². The second kappa shape index (κ2) is 6.16. The molecule has 0 aliphatic heterocycles. The number of carbonyl (C=O) groups excluding carboxylic acids is 1. The quantitative estimate of drug-likeness (QED) is 0.604. The zero-order valence-electron chi connectivity index (χ0n) is 10.3. The van der Waals surface area contributed by atoms with Crippen molar-refractivity contribution >= 4 is 11.8 Å². The van der Waals surface area contributed by atoms with Crippen LogP contribution in [-0.2, 0) is 9.59 Å². The summed E-state index contributed by atoms with van der Waals surface area (Å²) in [5.74, 6) is -1.10. The van der Waals surface area contributed by atoms with Crippen LogP contribution in [0.2, 0.25) is 0 Å². The molecule has 0 fully saturated rings. The number of rotatable bonds is 6. The smallest absolute Gasteiger partial charge is 0.320 e. The van der Waals surface area contributed by atoms with Crippen molar-refractivity contribution in [1.82, 2.24) is 5.32 Å². The number of ketones is 1. The fourth-order valence-corrected chi connectivity index (χ4v) is 1.59. The van der Waals surface area contributed by atoms with E-state index in [2.05, 4.69) is 11.9 Å². The fourth-order valence-electron chi connectivity index (χ4n) is 1.59. The lowest BCUT2D eigenvalue weighted by Gasteiger charge is -2.19. The molecule has 18 heavy (non-hydrogen) atoms. The van der Waals surface area contributed by atoms with Gasteiger partial charge in [0.05, 0.1) is 5.70 Å². The average molecular weight is 250 g/mol. The first-order valence-electron chi connectivity index (χ1n) is 5.72. The summed E-state index contributed by atoms with van der Waals surface area (Å²) in [6.45, 7) is 5.08. The molecule has 98 valence electrons. The Bertz CT molecular complexity index is 424. The van der Waals surface area contributed by atoms with Gasteiger partial charge in [0.15, 0.2) is 5.78 Å². The summed E-state index contributed by atoms with van der Waals surface area (Å²) in [4.78, 5) is 21.6. The van der Waals surface area contributed by atoms with E-state index >= 15 is 0 Å². The number of allylic oxidation sites excluding steroid dienone is 2. The first-order chi connectivity index (χ1) is 8.40. The maximum absolute atomic E-state index is 11.0. The number of carboxylic acids is 1. The molecule has 4 N–H and O–H groups in total. The molecule has 0 aromatic rings. The Hall–Kier alpha value is -1.88. The van der Waals surface area contributed by atoms with Crippen molar-refractivity contribution in [2.24, 2.45) is 5.73 Å². The number of hydrogen-bond donors (Lipinski definition) is 3. The Balaban J connectivity index is 2.47. The lowest BCUT2D eigenvalue weighted by Crippen LogP contribution is -2.32. The van der Waals surface area contributed by atoms with Gasteiger partial charge in [-0.3, -0.25) is 9.59 Å². The van der Waals surface area contributed by atoms with Crippen LogP contribution in [0.25, 0.3) is 0 Å². The van der Waals surface area contributed by atoms with Gasteiger partial charge in [-0.25, -0.2) is 0 Å². The molecule has 0 amide bonds. The normalized spacial score (nSPS) is 19.9. The van der Waals surface area contributed by atoms with Crippen molar-refractivity contribution in [3.05, 3.63) is 36.1 Å². The van der Waals surface area contributed by atoms with E-state index < -0.39 is 12.0 Å². The number of Topliss-reactive ketones (excluding diaryl/α,β-unsaturated/α-hetero) is 1. The number of aliphatic carboxylic acids is 1. The maximum Gasteiger partial charge on any atom is 0.320 e. The van der Waals surface area contributed by atoms with Gasteiger partial charge in [0.2, 0.25) is 0 Å². The molecule has 2 unspecified atom stereocenters. The van der Waals surface area contributed by atoms with Gasteiger partial charge in [-0.15, -0.1) is 0 Å². The van der Waals surface area contributed by atoms with Crippen LogP contribution >= 0.6 is 0 Å². The van der Waals surface area contributed by atoms with E-state index in [1.165, 1.54) is 6.92 Å². The molecule has 0 spiro atoms. The zero-order chi connectivity index (χ0) is 13.7. The van der Waals surface area contributed by atoms with E-state index in [4.69, 9.17) is 10.8 Å². The van der Waals surface area contributed by atoms with Crippen LogP contribution in [0.1, 0.15) is 19.8 Å². The zero-order valence-corrected chi connectivity index (χ0v) is 10.3. The second-order valence-corrected chi connectivity index (χ2v) is 4.31. The molecule has 5 heteroatoms. The van der Waals surface area contributed by atoms with Crippen LogP contribution < -0.4 is 11.1 Å². The Morgan fingerprint density at radius 2 is 2.33 bits per heavy atom. The van der Waals surface area contributed by atoms with Gasteiger partial charge < -0.3 is 16.2 Å². The molecule has 0 saturated carbocycles. The molecular weight excluding hydrogens is 232 g/mol. The third-order valence-corrected chi connectivity index (χ3v) is 2.73. The molecule has 0 bridgehead atoms. The standard InChI is InChI=1S/C13H18N2O3/c1-8(9(2)16)15-11-5-3-10(4-6-11)7-12(14)13(17)18/h3-5,11-12,15H,1,6-7,14H2,2H3,(H,17,18). The molecular formula is C13H18N2O3. The largest absolute Gasteiger partial charge is 0.480 e. The second-order valence-electron chi connectivity index (χ2n) is 4.31. The number of nitrogens with two attached hydrogens (primary N) is 1. The minimum atomic E-state index is -1.01. The van der Waals surface area contributed by atoms with Gasteiger partial charge in [0.25, 0.3) is 0 Å². The maximum atomic E-state index is 11.0. The van der Waals surface area contributed by atoms with E-state index in [9.17, 15) is 9.59 Å². The van der Waals surface area contributed by atoms with Crippen molar-refractivity contribution in [3.8, 4) is 0 Å². The highest BCUT2D eigenvalue weighted by Crippen LogP contribution is 2.15. The highest BCUT2D eigenvalue weighted by Gasteiger charge is 2.15. The van der Waals surface area contributed by atoms with E-state index in [0.717, 1.165) is 5.57 Å². The minimum Gasteiger partial charge on any atom is -0.480 e. The van der Waals surface area contributed by atoms with E-state index in [1.807, 2.05) is 18.2 Å². The van der Waals surface area contributed by atoms with Crippen molar-refractivity contribution < 1.29 is 14.7 Å². The highest BCUT2D eigenvalue weighted by atomic mass is 16.4. The van der Waals surface area contributed by atoms with Crippen molar-refractivity contribution in [1.29, 1.82) is 0 Å². The summed E-state index contributed by atoms with van der Waals surface area (Å²) in [7, 11) is 0. The number of carboxylic acid groups (broad SMARTS) is 1. The molecule has 0 heterocycles. The van der Waals surface area contributed by atoms with Gasteiger partial charge in [-0.1, -0.05) is 30.4 Å². The topological polar surface area (TPSA) is 92.4 Å². The lowest BCUT2D eigenvalue weighted by molar-refractivity contribution is -0.138. The van der Waals surface area contributed by atoms with Crippen LogP contribution in [0.5, 0.6) is 0 Å². The number of hydrogen-bond acceptors (Lipinski definition) is 4. The Morgan fingerprint density at radius 1 is 1.67 bits per heavy atom. The predicted octanol–water partition coefficient (Wildman–Crippen LogP) is 0.736. The molecule has 1 aliphatic rings. The van der Waals surface area contributed by atoms with Gasteiger partial charge in [-0.2, -0.15) is 0 Å². The first kappa shape index (κ1) is 14.2. The van der Waals surface area contributed by atoms with Gasteiger partial charge in [0.1, 0.15) is 6.04 Å². The van der Waals surface area contributed by atoms with Crippen molar-refractivity contribution in [2.75, 3.05) is 0 Å². The number of nitrogens with one attached hydrogen (secondary N) is 1. The molecule has 0 aromatic carbocycles. The SMILES string of the molecule is C=C(NC1C=CC(CC(N)C(=O)O)=CC1)C(C)=O. The first-order valence-corrected chi connectivity index (χ1v) is 5.72. The average Bonchev–Trinajstić information content (AvgIpc) is 2.31.